The Balaban J connectivity index is 2.23. The van der Waals surface area contributed by atoms with Gasteiger partial charge in [-0.2, -0.15) is 0 Å². The highest BCUT2D eigenvalue weighted by Crippen LogP contribution is 2.19. The van der Waals surface area contributed by atoms with Crippen molar-refractivity contribution < 1.29 is 19.4 Å². The number of amides is 2. The number of benzene rings is 1. The van der Waals surface area contributed by atoms with Crippen molar-refractivity contribution in [3.8, 4) is 0 Å². The summed E-state index contributed by atoms with van der Waals surface area (Å²) in [6, 6.07) is 8.47. The fourth-order valence-corrected chi connectivity index (χ4v) is 2.34. The van der Waals surface area contributed by atoms with E-state index in [1.165, 1.54) is 4.90 Å². The molecule has 1 aliphatic heterocycles. The van der Waals surface area contributed by atoms with Crippen LogP contribution in [0.2, 0.25) is 0 Å². The molecule has 6 nitrogen and oxygen atoms in total. The van der Waals surface area contributed by atoms with Crippen LogP contribution in [0.25, 0.3) is 0 Å². The molecule has 2 rings (SSSR count). The van der Waals surface area contributed by atoms with Crippen LogP contribution >= 0.6 is 0 Å². The van der Waals surface area contributed by atoms with E-state index < -0.39 is 5.97 Å². The smallest absolute Gasteiger partial charge is 0.325 e. The third kappa shape index (κ3) is 3.72. The molecule has 1 aliphatic rings. The first-order valence-corrected chi connectivity index (χ1v) is 6.95. The lowest BCUT2D eigenvalue weighted by molar-refractivity contribution is -0.135. The fourth-order valence-electron chi connectivity index (χ4n) is 2.34. The molecular formula is C15H20N2O4. The molecule has 2 amide bonds. The molecule has 1 aromatic rings. The second-order valence-corrected chi connectivity index (χ2v) is 5.24. The Morgan fingerprint density at radius 3 is 2.62 bits per heavy atom. The number of nitrogens with zero attached hydrogens (tertiary/aromatic N) is 2. The van der Waals surface area contributed by atoms with Crippen molar-refractivity contribution in [1.29, 1.82) is 0 Å². The van der Waals surface area contributed by atoms with Gasteiger partial charge in [0, 0.05) is 12.2 Å². The molecule has 0 radical (unpaired) electrons. The second-order valence-electron chi connectivity index (χ2n) is 5.24. The zero-order valence-electron chi connectivity index (χ0n) is 12.2. The van der Waals surface area contributed by atoms with Gasteiger partial charge < -0.3 is 14.7 Å². The highest BCUT2D eigenvalue weighted by Gasteiger charge is 2.32. The van der Waals surface area contributed by atoms with Gasteiger partial charge in [-0.25, -0.2) is 4.79 Å². The van der Waals surface area contributed by atoms with Gasteiger partial charge in [-0.3, -0.25) is 9.69 Å². The summed E-state index contributed by atoms with van der Waals surface area (Å²) in [5.74, 6) is -1.04. The maximum atomic E-state index is 12.7. The van der Waals surface area contributed by atoms with Gasteiger partial charge in [-0.1, -0.05) is 18.2 Å². The van der Waals surface area contributed by atoms with Gasteiger partial charge in [0.25, 0.3) is 0 Å². The SMILES string of the molecule is CC1CN(C(=O)N(CC(=O)O)c2ccccc2)C(C)CO1. The van der Waals surface area contributed by atoms with Gasteiger partial charge in [0.05, 0.1) is 18.8 Å². The molecule has 114 valence electrons. The Kier molecular flexibility index (Phi) is 4.80. The molecule has 2 atom stereocenters. The molecule has 6 heteroatoms. The largest absolute Gasteiger partial charge is 0.480 e. The summed E-state index contributed by atoms with van der Waals surface area (Å²) in [5.41, 5.74) is 0.580. The summed E-state index contributed by atoms with van der Waals surface area (Å²) in [5, 5.41) is 9.07. The number of anilines is 1. The van der Waals surface area contributed by atoms with Crippen molar-refractivity contribution in [2.75, 3.05) is 24.6 Å². The number of para-hydroxylation sites is 1. The average Bonchev–Trinajstić information content (AvgIpc) is 2.47. The molecule has 1 N–H and O–H groups in total. The van der Waals surface area contributed by atoms with Crippen LogP contribution in [-0.4, -0.2) is 53.8 Å². The summed E-state index contributed by atoms with van der Waals surface area (Å²) in [6.07, 6.45) is -0.0485. The molecule has 2 unspecified atom stereocenters. The Bertz CT molecular complexity index is 506. The normalized spacial score (nSPS) is 21.9. The number of hydrogen-bond acceptors (Lipinski definition) is 3. The van der Waals surface area contributed by atoms with Crippen LogP contribution in [0.4, 0.5) is 10.5 Å². The van der Waals surface area contributed by atoms with E-state index in [-0.39, 0.29) is 24.7 Å². The number of carbonyl (C=O) groups is 2. The van der Waals surface area contributed by atoms with Gasteiger partial charge >= 0.3 is 12.0 Å². The average molecular weight is 292 g/mol. The Labute approximate surface area is 123 Å². The van der Waals surface area contributed by atoms with Gasteiger partial charge in [0.15, 0.2) is 0 Å². The van der Waals surface area contributed by atoms with Crippen molar-refractivity contribution in [3.05, 3.63) is 30.3 Å². The van der Waals surface area contributed by atoms with Crippen LogP contribution in [-0.2, 0) is 9.53 Å². The number of ether oxygens (including phenoxy) is 1. The van der Waals surface area contributed by atoms with E-state index in [0.29, 0.717) is 18.8 Å². The molecule has 0 aliphatic carbocycles. The van der Waals surface area contributed by atoms with Gasteiger partial charge in [0.1, 0.15) is 6.54 Å². The minimum atomic E-state index is -1.04. The summed E-state index contributed by atoms with van der Waals surface area (Å²) >= 11 is 0. The highest BCUT2D eigenvalue weighted by molar-refractivity contribution is 5.96. The van der Waals surface area contributed by atoms with Crippen LogP contribution < -0.4 is 4.90 Å². The van der Waals surface area contributed by atoms with Gasteiger partial charge in [-0.15, -0.1) is 0 Å². The van der Waals surface area contributed by atoms with Crippen molar-refractivity contribution in [2.45, 2.75) is 26.0 Å². The Morgan fingerprint density at radius 1 is 1.33 bits per heavy atom. The van der Waals surface area contributed by atoms with Crippen LogP contribution in [0, 0.1) is 0 Å². The number of urea groups is 1. The Morgan fingerprint density at radius 2 is 2.00 bits per heavy atom. The van der Waals surface area contributed by atoms with Crippen molar-refractivity contribution in [1.82, 2.24) is 4.90 Å². The summed E-state index contributed by atoms with van der Waals surface area (Å²) in [4.78, 5) is 26.8. The Hall–Kier alpha value is -2.08. The van der Waals surface area contributed by atoms with Gasteiger partial charge in [0.2, 0.25) is 0 Å². The molecule has 0 bridgehead atoms. The van der Waals surface area contributed by atoms with Crippen molar-refractivity contribution in [2.24, 2.45) is 0 Å². The lowest BCUT2D eigenvalue weighted by Crippen LogP contribution is -2.55. The van der Waals surface area contributed by atoms with E-state index in [9.17, 15) is 9.59 Å². The van der Waals surface area contributed by atoms with Crippen LogP contribution in [0.15, 0.2) is 30.3 Å². The quantitative estimate of drug-likeness (QED) is 0.922. The predicted octanol–water partition coefficient (Wildman–Crippen LogP) is 1.81. The molecular weight excluding hydrogens is 272 g/mol. The number of carboxylic acid groups (broad SMARTS) is 1. The van der Waals surface area contributed by atoms with Crippen molar-refractivity contribution in [3.63, 3.8) is 0 Å². The third-order valence-electron chi connectivity index (χ3n) is 3.45. The molecule has 1 heterocycles. The number of rotatable bonds is 3. The minimum absolute atomic E-state index is 0.0485. The lowest BCUT2D eigenvalue weighted by atomic mass is 10.2. The monoisotopic (exact) mass is 292 g/mol. The number of morpholine rings is 1. The molecule has 0 spiro atoms. The second kappa shape index (κ2) is 6.58. The van der Waals surface area contributed by atoms with E-state index in [1.54, 1.807) is 29.2 Å². The summed E-state index contributed by atoms with van der Waals surface area (Å²) < 4.78 is 5.51. The van der Waals surface area contributed by atoms with E-state index >= 15 is 0 Å². The number of carbonyl (C=O) groups excluding carboxylic acids is 1. The van der Waals surface area contributed by atoms with E-state index in [1.807, 2.05) is 19.9 Å². The van der Waals surface area contributed by atoms with Crippen LogP contribution in [0.5, 0.6) is 0 Å². The molecule has 1 fully saturated rings. The topological polar surface area (TPSA) is 70.1 Å². The van der Waals surface area contributed by atoms with E-state index in [2.05, 4.69) is 0 Å². The zero-order chi connectivity index (χ0) is 15.4. The zero-order valence-corrected chi connectivity index (χ0v) is 12.2. The van der Waals surface area contributed by atoms with Gasteiger partial charge in [-0.05, 0) is 26.0 Å². The lowest BCUT2D eigenvalue weighted by Gasteiger charge is -2.39. The predicted molar refractivity (Wildman–Crippen MR) is 78.4 cm³/mol. The fraction of sp³-hybridized carbons (Fsp3) is 0.467. The first-order valence-electron chi connectivity index (χ1n) is 6.95. The van der Waals surface area contributed by atoms with E-state index in [0.717, 1.165) is 0 Å². The number of carboxylic acids is 1. The number of aliphatic carboxylic acids is 1. The van der Waals surface area contributed by atoms with Crippen LogP contribution in [0.1, 0.15) is 13.8 Å². The third-order valence-corrected chi connectivity index (χ3v) is 3.45. The summed E-state index contributed by atoms with van der Waals surface area (Å²) in [6.45, 7) is 4.36. The van der Waals surface area contributed by atoms with E-state index in [4.69, 9.17) is 9.84 Å². The molecule has 1 aromatic carbocycles. The summed E-state index contributed by atoms with van der Waals surface area (Å²) in [7, 11) is 0. The molecule has 0 saturated carbocycles. The standard InChI is InChI=1S/C15H20N2O4/c1-11-10-21-12(2)8-16(11)15(20)17(9-14(18)19)13-6-4-3-5-7-13/h3-7,11-12H,8-10H2,1-2H3,(H,18,19). The van der Waals surface area contributed by atoms with Crippen molar-refractivity contribution >= 4 is 17.7 Å². The molecule has 0 aromatic heterocycles. The molecule has 21 heavy (non-hydrogen) atoms. The number of hydrogen-bond donors (Lipinski definition) is 1. The first-order chi connectivity index (χ1) is 9.99. The maximum Gasteiger partial charge on any atom is 0.325 e. The first kappa shape index (κ1) is 15.3. The highest BCUT2D eigenvalue weighted by atomic mass is 16.5. The molecule has 1 saturated heterocycles. The van der Waals surface area contributed by atoms with Crippen LogP contribution in [0.3, 0.4) is 0 Å². The maximum absolute atomic E-state index is 12.7. The minimum Gasteiger partial charge on any atom is -0.480 e.